The van der Waals surface area contributed by atoms with E-state index < -0.39 is 0 Å². The van der Waals surface area contributed by atoms with Gasteiger partial charge in [-0.2, -0.15) is 0 Å². The Kier molecular flexibility index (Phi) is 3.75. The van der Waals surface area contributed by atoms with Gasteiger partial charge >= 0.3 is 5.97 Å². The lowest BCUT2D eigenvalue weighted by Crippen LogP contribution is -2.29. The number of anilines is 1. The predicted octanol–water partition coefficient (Wildman–Crippen LogP) is 3.30. The highest BCUT2D eigenvalue weighted by molar-refractivity contribution is 5.89. The fourth-order valence-electron chi connectivity index (χ4n) is 3.15. The van der Waals surface area contributed by atoms with E-state index in [4.69, 9.17) is 4.74 Å². The molecule has 1 atom stereocenters. The van der Waals surface area contributed by atoms with Crippen molar-refractivity contribution in [3.05, 3.63) is 59.2 Å². The molecule has 0 bridgehead atoms. The molecule has 114 valence electrons. The van der Waals surface area contributed by atoms with Crippen molar-refractivity contribution in [2.75, 3.05) is 19.1 Å². The van der Waals surface area contributed by atoms with Gasteiger partial charge < -0.3 is 14.7 Å². The zero-order valence-electron chi connectivity index (χ0n) is 12.7. The number of phenolic OH excluding ortho intramolecular Hbond substituents is 1. The minimum absolute atomic E-state index is 0.210. The van der Waals surface area contributed by atoms with Gasteiger partial charge in [-0.25, -0.2) is 4.79 Å². The SMILES string of the molecule is COC(=O)c1cccc(C2CCc3cc(O)ccc3N2C)c1. The molecule has 0 aliphatic carbocycles. The number of aromatic hydroxyl groups is 1. The third-order valence-corrected chi connectivity index (χ3v) is 4.29. The summed E-state index contributed by atoms with van der Waals surface area (Å²) >= 11 is 0. The average molecular weight is 297 g/mol. The molecule has 0 aromatic heterocycles. The van der Waals surface area contributed by atoms with Crippen LogP contribution < -0.4 is 4.90 Å². The molecule has 22 heavy (non-hydrogen) atoms. The average Bonchev–Trinajstić information content (AvgIpc) is 2.54. The first-order chi connectivity index (χ1) is 10.6. The Labute approximate surface area is 130 Å². The maximum absolute atomic E-state index is 11.7. The number of carbonyl (C=O) groups is 1. The fraction of sp³-hybridized carbons (Fsp3) is 0.278. The van der Waals surface area contributed by atoms with Crippen molar-refractivity contribution in [1.82, 2.24) is 0 Å². The lowest BCUT2D eigenvalue weighted by atomic mass is 9.91. The zero-order valence-corrected chi connectivity index (χ0v) is 12.7. The molecular weight excluding hydrogens is 278 g/mol. The highest BCUT2D eigenvalue weighted by Gasteiger charge is 2.25. The number of carbonyl (C=O) groups excluding carboxylic acids is 1. The number of rotatable bonds is 2. The molecule has 0 saturated heterocycles. The summed E-state index contributed by atoms with van der Waals surface area (Å²) in [6.45, 7) is 0. The van der Waals surface area contributed by atoms with Gasteiger partial charge in [-0.3, -0.25) is 0 Å². The summed E-state index contributed by atoms with van der Waals surface area (Å²) in [5.74, 6) is -0.0103. The molecule has 0 saturated carbocycles. The van der Waals surface area contributed by atoms with E-state index in [1.54, 1.807) is 12.1 Å². The van der Waals surface area contributed by atoms with Gasteiger partial charge in [-0.05, 0) is 54.3 Å². The van der Waals surface area contributed by atoms with Crippen LogP contribution in [0.1, 0.15) is 33.9 Å². The van der Waals surface area contributed by atoms with Gasteiger partial charge in [0, 0.05) is 12.7 Å². The monoisotopic (exact) mass is 297 g/mol. The van der Waals surface area contributed by atoms with E-state index in [1.807, 2.05) is 37.4 Å². The van der Waals surface area contributed by atoms with Crippen LogP contribution in [0.25, 0.3) is 0 Å². The number of hydrogen-bond donors (Lipinski definition) is 1. The van der Waals surface area contributed by atoms with E-state index in [9.17, 15) is 9.90 Å². The first kappa shape index (κ1) is 14.4. The largest absolute Gasteiger partial charge is 0.508 e. The van der Waals surface area contributed by atoms with Crippen LogP contribution in [0.2, 0.25) is 0 Å². The smallest absolute Gasteiger partial charge is 0.337 e. The second-order valence-electron chi connectivity index (χ2n) is 5.60. The summed E-state index contributed by atoms with van der Waals surface area (Å²) in [5.41, 5.74) is 3.95. The Morgan fingerprint density at radius 1 is 1.27 bits per heavy atom. The molecule has 0 radical (unpaired) electrons. The van der Waals surface area contributed by atoms with E-state index in [-0.39, 0.29) is 12.0 Å². The standard InChI is InChI=1S/C18H19NO3/c1-19-16(8-6-13-11-15(20)7-9-17(13)19)12-4-3-5-14(10-12)18(21)22-2/h3-5,7,9-11,16,20H,6,8H2,1-2H3. The van der Waals surface area contributed by atoms with Crippen molar-refractivity contribution in [2.45, 2.75) is 18.9 Å². The summed E-state index contributed by atoms with van der Waals surface area (Å²) < 4.78 is 4.79. The quantitative estimate of drug-likeness (QED) is 0.864. The van der Waals surface area contributed by atoms with Gasteiger partial charge in [0.05, 0.1) is 18.7 Å². The molecule has 4 nitrogen and oxygen atoms in total. The number of nitrogens with zero attached hydrogens (tertiary/aromatic N) is 1. The van der Waals surface area contributed by atoms with Crippen LogP contribution in [0, 0.1) is 0 Å². The van der Waals surface area contributed by atoms with Crippen LogP contribution in [0.15, 0.2) is 42.5 Å². The number of esters is 1. The number of phenols is 1. The van der Waals surface area contributed by atoms with Crippen molar-refractivity contribution < 1.29 is 14.6 Å². The van der Waals surface area contributed by atoms with Gasteiger partial charge in [0.25, 0.3) is 0 Å². The topological polar surface area (TPSA) is 49.8 Å². The molecule has 1 aliphatic rings. The van der Waals surface area contributed by atoms with Crippen molar-refractivity contribution in [3.63, 3.8) is 0 Å². The Morgan fingerprint density at radius 2 is 2.09 bits per heavy atom. The normalized spacial score (nSPS) is 17.0. The van der Waals surface area contributed by atoms with Crippen LogP contribution in [0.5, 0.6) is 5.75 Å². The Morgan fingerprint density at radius 3 is 2.86 bits per heavy atom. The first-order valence-corrected chi connectivity index (χ1v) is 7.33. The first-order valence-electron chi connectivity index (χ1n) is 7.33. The predicted molar refractivity (Wildman–Crippen MR) is 85.4 cm³/mol. The molecule has 2 aromatic carbocycles. The summed E-state index contributed by atoms with van der Waals surface area (Å²) in [5, 5.41) is 9.61. The minimum atomic E-state index is -0.314. The summed E-state index contributed by atoms with van der Waals surface area (Å²) in [6, 6.07) is 13.3. The van der Waals surface area contributed by atoms with E-state index in [0.29, 0.717) is 11.3 Å². The molecule has 0 spiro atoms. The third-order valence-electron chi connectivity index (χ3n) is 4.29. The molecular formula is C18H19NO3. The summed E-state index contributed by atoms with van der Waals surface area (Å²) in [6.07, 6.45) is 1.85. The highest BCUT2D eigenvalue weighted by atomic mass is 16.5. The lowest BCUT2D eigenvalue weighted by molar-refractivity contribution is 0.0600. The van der Waals surface area contributed by atoms with Crippen molar-refractivity contribution in [3.8, 4) is 5.75 Å². The second kappa shape index (κ2) is 5.72. The summed E-state index contributed by atoms with van der Waals surface area (Å²) in [4.78, 5) is 13.9. The van der Waals surface area contributed by atoms with E-state index >= 15 is 0 Å². The molecule has 1 unspecified atom stereocenters. The number of benzene rings is 2. The molecule has 2 aromatic rings. The van der Waals surface area contributed by atoms with Crippen LogP contribution >= 0.6 is 0 Å². The van der Waals surface area contributed by atoms with Gasteiger partial charge in [-0.15, -0.1) is 0 Å². The Hall–Kier alpha value is -2.49. The molecule has 0 amide bonds. The van der Waals surface area contributed by atoms with Crippen LogP contribution in [0.3, 0.4) is 0 Å². The number of ether oxygens (including phenoxy) is 1. The molecule has 1 N–H and O–H groups in total. The van der Waals surface area contributed by atoms with E-state index in [2.05, 4.69) is 4.90 Å². The fourth-order valence-corrected chi connectivity index (χ4v) is 3.15. The van der Waals surface area contributed by atoms with Gasteiger partial charge in [0.2, 0.25) is 0 Å². The van der Waals surface area contributed by atoms with Crippen LogP contribution in [-0.4, -0.2) is 25.2 Å². The van der Waals surface area contributed by atoms with Gasteiger partial charge in [-0.1, -0.05) is 12.1 Å². The molecule has 1 heterocycles. The highest BCUT2D eigenvalue weighted by Crippen LogP contribution is 2.38. The molecule has 4 heteroatoms. The van der Waals surface area contributed by atoms with Crippen molar-refractivity contribution in [2.24, 2.45) is 0 Å². The van der Waals surface area contributed by atoms with E-state index in [0.717, 1.165) is 29.7 Å². The van der Waals surface area contributed by atoms with E-state index in [1.165, 1.54) is 7.11 Å². The minimum Gasteiger partial charge on any atom is -0.508 e. The van der Waals surface area contributed by atoms with Crippen molar-refractivity contribution in [1.29, 1.82) is 0 Å². The molecule has 1 aliphatic heterocycles. The third kappa shape index (κ3) is 2.52. The number of aryl methyl sites for hydroxylation is 1. The number of fused-ring (bicyclic) bond motifs is 1. The maximum Gasteiger partial charge on any atom is 0.337 e. The van der Waals surface area contributed by atoms with Gasteiger partial charge in [0.15, 0.2) is 0 Å². The Balaban J connectivity index is 1.93. The summed E-state index contributed by atoms with van der Waals surface area (Å²) in [7, 11) is 3.44. The second-order valence-corrected chi connectivity index (χ2v) is 5.60. The maximum atomic E-state index is 11.7. The number of methoxy groups -OCH3 is 1. The van der Waals surface area contributed by atoms with Crippen LogP contribution in [0.4, 0.5) is 5.69 Å². The molecule has 3 rings (SSSR count). The van der Waals surface area contributed by atoms with Crippen molar-refractivity contribution >= 4 is 11.7 Å². The number of hydrogen-bond acceptors (Lipinski definition) is 4. The van der Waals surface area contributed by atoms with Gasteiger partial charge in [0.1, 0.15) is 5.75 Å². The molecule has 0 fully saturated rings. The van der Waals surface area contributed by atoms with Crippen LogP contribution in [-0.2, 0) is 11.2 Å². The Bertz CT molecular complexity index is 711. The lowest BCUT2D eigenvalue weighted by Gasteiger charge is -2.36. The zero-order chi connectivity index (χ0) is 15.7.